The Kier molecular flexibility index (Phi) is 3.97. The standard InChI is InChI=1S/C16H18N6O2/c17-15-10-23-11-16(15)24-14-6-18-21(9-14)7-12-8-22(20-19-12)13-4-2-1-3-5-13/h1-6,8-9,15-16H,7,10-11,17H2/t15-,16+/m0/s1. The highest BCUT2D eigenvalue weighted by Gasteiger charge is 2.26. The third-order valence-corrected chi connectivity index (χ3v) is 3.85. The molecule has 124 valence electrons. The summed E-state index contributed by atoms with van der Waals surface area (Å²) >= 11 is 0. The van der Waals surface area contributed by atoms with Crippen LogP contribution in [0.15, 0.2) is 48.9 Å². The molecule has 0 spiro atoms. The number of hydrogen-bond acceptors (Lipinski definition) is 6. The second-order valence-corrected chi connectivity index (χ2v) is 5.72. The van der Waals surface area contributed by atoms with Crippen molar-refractivity contribution in [3.63, 3.8) is 0 Å². The minimum Gasteiger partial charge on any atom is -0.483 e. The van der Waals surface area contributed by atoms with Gasteiger partial charge < -0.3 is 15.2 Å². The molecular weight excluding hydrogens is 308 g/mol. The SMILES string of the molecule is N[C@H]1COC[C@H]1Oc1cnn(Cc2cn(-c3ccccc3)nn2)c1. The lowest BCUT2D eigenvalue weighted by molar-refractivity contribution is 0.140. The molecule has 4 rings (SSSR count). The van der Waals surface area contributed by atoms with Crippen LogP contribution in [0.1, 0.15) is 5.69 Å². The fourth-order valence-corrected chi connectivity index (χ4v) is 2.58. The van der Waals surface area contributed by atoms with Gasteiger partial charge in [-0.25, -0.2) is 4.68 Å². The van der Waals surface area contributed by atoms with Crippen molar-refractivity contribution in [1.29, 1.82) is 0 Å². The lowest BCUT2D eigenvalue weighted by Gasteiger charge is -2.13. The molecule has 2 N–H and O–H groups in total. The number of nitrogens with zero attached hydrogens (tertiary/aromatic N) is 5. The van der Waals surface area contributed by atoms with E-state index in [0.29, 0.717) is 25.5 Å². The highest BCUT2D eigenvalue weighted by atomic mass is 16.5. The number of aromatic nitrogens is 5. The Hall–Kier alpha value is -2.71. The van der Waals surface area contributed by atoms with Gasteiger partial charge >= 0.3 is 0 Å². The normalized spacial score (nSPS) is 20.4. The van der Waals surface area contributed by atoms with E-state index in [4.69, 9.17) is 15.2 Å². The Morgan fingerprint density at radius 2 is 2.08 bits per heavy atom. The Labute approximate surface area is 138 Å². The van der Waals surface area contributed by atoms with Gasteiger partial charge in [0.05, 0.1) is 50.1 Å². The van der Waals surface area contributed by atoms with Crippen LogP contribution in [0.3, 0.4) is 0 Å². The van der Waals surface area contributed by atoms with E-state index in [1.165, 1.54) is 0 Å². The van der Waals surface area contributed by atoms with Gasteiger partial charge in [0.1, 0.15) is 11.8 Å². The van der Waals surface area contributed by atoms with Crippen molar-refractivity contribution < 1.29 is 9.47 Å². The monoisotopic (exact) mass is 326 g/mol. The maximum absolute atomic E-state index is 5.92. The van der Waals surface area contributed by atoms with Gasteiger partial charge in [0.2, 0.25) is 0 Å². The van der Waals surface area contributed by atoms with Crippen LogP contribution in [0, 0.1) is 0 Å². The number of ether oxygens (including phenoxy) is 2. The van der Waals surface area contributed by atoms with Gasteiger partial charge in [-0.05, 0) is 12.1 Å². The number of rotatable bonds is 5. The number of hydrogen-bond donors (Lipinski definition) is 1. The topological polar surface area (TPSA) is 93.0 Å². The van der Waals surface area contributed by atoms with E-state index >= 15 is 0 Å². The van der Waals surface area contributed by atoms with Gasteiger partial charge in [-0.1, -0.05) is 23.4 Å². The first-order chi connectivity index (χ1) is 11.8. The van der Waals surface area contributed by atoms with Crippen LogP contribution in [-0.4, -0.2) is 50.1 Å². The molecule has 3 heterocycles. The number of nitrogens with two attached hydrogens (primary N) is 1. The van der Waals surface area contributed by atoms with E-state index in [0.717, 1.165) is 11.4 Å². The molecule has 0 bridgehead atoms. The first-order valence-electron chi connectivity index (χ1n) is 7.77. The molecule has 24 heavy (non-hydrogen) atoms. The zero-order valence-corrected chi connectivity index (χ0v) is 13.0. The van der Waals surface area contributed by atoms with Crippen LogP contribution in [0.2, 0.25) is 0 Å². The van der Waals surface area contributed by atoms with Crippen LogP contribution in [-0.2, 0) is 11.3 Å². The average Bonchev–Trinajstić information content (AvgIpc) is 3.33. The smallest absolute Gasteiger partial charge is 0.157 e. The van der Waals surface area contributed by atoms with Gasteiger partial charge in [-0.3, -0.25) is 4.68 Å². The Morgan fingerprint density at radius 3 is 2.88 bits per heavy atom. The predicted molar refractivity (Wildman–Crippen MR) is 85.9 cm³/mol. The second-order valence-electron chi connectivity index (χ2n) is 5.72. The molecule has 2 aromatic heterocycles. The van der Waals surface area contributed by atoms with E-state index in [1.807, 2.05) is 42.7 Å². The van der Waals surface area contributed by atoms with Crippen LogP contribution in [0.25, 0.3) is 5.69 Å². The summed E-state index contributed by atoms with van der Waals surface area (Å²) < 4.78 is 14.6. The summed E-state index contributed by atoms with van der Waals surface area (Å²) in [6.45, 7) is 1.56. The molecule has 1 saturated heterocycles. The summed E-state index contributed by atoms with van der Waals surface area (Å²) in [6, 6.07) is 9.75. The van der Waals surface area contributed by atoms with Crippen molar-refractivity contribution in [2.24, 2.45) is 5.73 Å². The van der Waals surface area contributed by atoms with Gasteiger partial charge in [0.25, 0.3) is 0 Å². The summed E-state index contributed by atoms with van der Waals surface area (Å²) in [4.78, 5) is 0. The molecule has 1 fully saturated rings. The fraction of sp³-hybridized carbons (Fsp3) is 0.312. The van der Waals surface area contributed by atoms with E-state index in [9.17, 15) is 0 Å². The minimum absolute atomic E-state index is 0.0980. The highest BCUT2D eigenvalue weighted by molar-refractivity contribution is 5.30. The summed E-state index contributed by atoms with van der Waals surface area (Å²) in [5.74, 6) is 0.677. The number of benzene rings is 1. The molecule has 0 aliphatic carbocycles. The van der Waals surface area contributed by atoms with Crippen LogP contribution >= 0.6 is 0 Å². The zero-order chi connectivity index (χ0) is 16.4. The van der Waals surface area contributed by atoms with Crippen LogP contribution in [0.5, 0.6) is 5.75 Å². The molecule has 0 amide bonds. The first-order valence-corrected chi connectivity index (χ1v) is 7.77. The van der Waals surface area contributed by atoms with Crippen molar-refractivity contribution >= 4 is 0 Å². The largest absolute Gasteiger partial charge is 0.483 e. The summed E-state index contributed by atoms with van der Waals surface area (Å²) in [6.07, 6.45) is 5.26. The molecule has 1 aliphatic rings. The van der Waals surface area contributed by atoms with Crippen molar-refractivity contribution in [2.75, 3.05) is 13.2 Å². The van der Waals surface area contributed by atoms with Crippen LogP contribution < -0.4 is 10.5 Å². The van der Waals surface area contributed by atoms with Crippen LogP contribution in [0.4, 0.5) is 0 Å². The van der Waals surface area contributed by atoms with Gasteiger partial charge in [-0.2, -0.15) is 5.10 Å². The Morgan fingerprint density at radius 1 is 1.21 bits per heavy atom. The molecule has 0 saturated carbocycles. The lowest BCUT2D eigenvalue weighted by atomic mass is 10.2. The van der Waals surface area contributed by atoms with Crippen molar-refractivity contribution in [2.45, 2.75) is 18.7 Å². The fourth-order valence-electron chi connectivity index (χ4n) is 2.58. The molecule has 0 radical (unpaired) electrons. The molecular formula is C16H18N6O2. The second kappa shape index (κ2) is 6.42. The summed E-state index contributed by atoms with van der Waals surface area (Å²) in [5.41, 5.74) is 7.70. The summed E-state index contributed by atoms with van der Waals surface area (Å²) in [5, 5.41) is 12.6. The molecule has 8 heteroatoms. The van der Waals surface area contributed by atoms with Gasteiger partial charge in [-0.15, -0.1) is 5.10 Å². The Bertz CT molecular complexity index is 800. The first kappa shape index (κ1) is 14.9. The predicted octanol–water partition coefficient (Wildman–Crippen LogP) is 0.617. The lowest BCUT2D eigenvalue weighted by Crippen LogP contribution is -2.37. The Balaban J connectivity index is 1.42. The third-order valence-electron chi connectivity index (χ3n) is 3.85. The molecule has 1 aromatic carbocycles. The molecule has 8 nitrogen and oxygen atoms in total. The molecule has 2 atom stereocenters. The highest BCUT2D eigenvalue weighted by Crippen LogP contribution is 2.16. The van der Waals surface area contributed by atoms with Gasteiger partial charge in [0.15, 0.2) is 5.75 Å². The minimum atomic E-state index is -0.124. The van der Waals surface area contributed by atoms with Gasteiger partial charge in [0, 0.05) is 0 Å². The quantitative estimate of drug-likeness (QED) is 0.739. The van der Waals surface area contributed by atoms with Crippen molar-refractivity contribution in [3.8, 4) is 11.4 Å². The maximum Gasteiger partial charge on any atom is 0.157 e. The van der Waals surface area contributed by atoms with Crippen molar-refractivity contribution in [3.05, 3.63) is 54.6 Å². The molecule has 0 unspecified atom stereocenters. The summed E-state index contributed by atoms with van der Waals surface area (Å²) in [7, 11) is 0. The van der Waals surface area contributed by atoms with Crippen molar-refractivity contribution in [1.82, 2.24) is 24.8 Å². The van der Waals surface area contributed by atoms with E-state index < -0.39 is 0 Å². The van der Waals surface area contributed by atoms with E-state index in [1.54, 1.807) is 15.6 Å². The molecule has 3 aromatic rings. The van der Waals surface area contributed by atoms with E-state index in [2.05, 4.69) is 15.4 Å². The molecule has 1 aliphatic heterocycles. The average molecular weight is 326 g/mol. The third kappa shape index (κ3) is 3.15. The number of para-hydroxylation sites is 1. The zero-order valence-electron chi connectivity index (χ0n) is 13.0. The van der Waals surface area contributed by atoms with E-state index in [-0.39, 0.29) is 12.1 Å². The maximum atomic E-state index is 5.92.